The first kappa shape index (κ1) is 27.8. The molecule has 13 heteroatoms. The number of benzene rings is 2. The van der Waals surface area contributed by atoms with E-state index in [2.05, 4.69) is 0 Å². The maximum atomic E-state index is 12.3. The Kier molecular flexibility index (Phi) is 11.4. The maximum absolute atomic E-state index is 12.3. The summed E-state index contributed by atoms with van der Waals surface area (Å²) in [6.45, 7) is 0. The van der Waals surface area contributed by atoms with Crippen LogP contribution in [0, 0.1) is 0 Å². The molecule has 0 aliphatic heterocycles. The van der Waals surface area contributed by atoms with Crippen LogP contribution in [0.2, 0.25) is 10.0 Å². The fourth-order valence-corrected chi connectivity index (χ4v) is 3.80. The van der Waals surface area contributed by atoms with Gasteiger partial charge >= 0.3 is 103 Å². The summed E-state index contributed by atoms with van der Waals surface area (Å²) in [5, 5.41) is -0.721. The van der Waals surface area contributed by atoms with Crippen LogP contribution in [0.4, 0.5) is 0 Å². The zero-order valence-electron chi connectivity index (χ0n) is 13.4. The number of carbonyl (C=O) groups excluding carboxylic acids is 1. The van der Waals surface area contributed by atoms with Crippen molar-refractivity contribution in [2.45, 2.75) is 9.79 Å². The van der Waals surface area contributed by atoms with Crippen LogP contribution in [0.15, 0.2) is 46.2 Å². The molecule has 7 nitrogen and oxygen atoms in total. The van der Waals surface area contributed by atoms with Crippen molar-refractivity contribution in [3.8, 4) is 0 Å². The molecule has 0 aliphatic carbocycles. The third kappa shape index (κ3) is 6.94. The average Bonchev–Trinajstić information content (AvgIpc) is 2.45. The second-order valence-corrected chi connectivity index (χ2v) is 8.04. The van der Waals surface area contributed by atoms with E-state index >= 15 is 0 Å². The van der Waals surface area contributed by atoms with Crippen molar-refractivity contribution in [2.75, 3.05) is 0 Å². The zero-order valence-corrected chi connectivity index (χ0v) is 22.8. The molecular formula is C13H6Cl2K2O7S2. The van der Waals surface area contributed by atoms with Crippen LogP contribution in [0.25, 0.3) is 0 Å². The molecule has 0 aromatic heterocycles. The Morgan fingerprint density at radius 2 is 1.04 bits per heavy atom. The summed E-state index contributed by atoms with van der Waals surface area (Å²) in [4.78, 5) is 10.8. The largest absolute Gasteiger partial charge is 1.00 e. The van der Waals surface area contributed by atoms with Crippen molar-refractivity contribution in [1.82, 2.24) is 0 Å². The molecule has 0 radical (unpaired) electrons. The molecule has 0 heterocycles. The molecule has 0 saturated heterocycles. The van der Waals surface area contributed by atoms with Gasteiger partial charge in [-0.3, -0.25) is 4.79 Å². The van der Waals surface area contributed by atoms with Crippen molar-refractivity contribution in [3.05, 3.63) is 57.6 Å². The second kappa shape index (κ2) is 10.7. The molecule has 2 aromatic carbocycles. The number of hydrogen-bond acceptors (Lipinski definition) is 7. The normalized spacial score (nSPS) is 11.2. The van der Waals surface area contributed by atoms with Crippen molar-refractivity contribution in [3.63, 3.8) is 0 Å². The van der Waals surface area contributed by atoms with E-state index in [1.165, 1.54) is 0 Å². The molecule has 0 fully saturated rings. The van der Waals surface area contributed by atoms with Crippen LogP contribution in [-0.2, 0) is 20.2 Å². The van der Waals surface area contributed by atoms with Gasteiger partial charge in [-0.05, 0) is 36.4 Å². The minimum absolute atomic E-state index is 0. The fraction of sp³-hybridized carbons (Fsp3) is 0. The van der Waals surface area contributed by atoms with Gasteiger partial charge in [0.2, 0.25) is 0 Å². The van der Waals surface area contributed by atoms with E-state index in [9.17, 15) is 30.7 Å². The molecular weight excluding hydrogens is 481 g/mol. The monoisotopic (exact) mass is 486 g/mol. The Bertz CT molecular complexity index is 971. The SMILES string of the molecule is O=C(c1ccc(Cl)c(S(=O)(=O)[O-])c1)c1ccc(Cl)c(S(=O)(=O)[O-])c1.[K+].[K+]. The molecule has 2 rings (SSSR count). The van der Waals surface area contributed by atoms with Gasteiger partial charge in [-0.2, -0.15) is 0 Å². The molecule has 0 saturated carbocycles. The number of hydrogen-bond donors (Lipinski definition) is 0. The third-order valence-corrected chi connectivity index (χ3v) is 5.56. The molecule has 0 atom stereocenters. The van der Waals surface area contributed by atoms with Crippen LogP contribution in [-0.4, -0.2) is 31.7 Å². The molecule has 0 unspecified atom stereocenters. The summed E-state index contributed by atoms with van der Waals surface area (Å²) in [6, 6.07) is 5.93. The van der Waals surface area contributed by atoms with Crippen molar-refractivity contribution >= 4 is 49.2 Å². The summed E-state index contributed by atoms with van der Waals surface area (Å²) in [5.41, 5.74) is -0.462. The first-order valence-corrected chi connectivity index (χ1v) is 9.54. The maximum Gasteiger partial charge on any atom is 1.00 e. The van der Waals surface area contributed by atoms with Gasteiger partial charge in [0.25, 0.3) is 0 Å². The van der Waals surface area contributed by atoms with Gasteiger partial charge in [-0.25, -0.2) is 16.8 Å². The molecule has 26 heavy (non-hydrogen) atoms. The second-order valence-electron chi connectivity index (χ2n) is 4.53. The topological polar surface area (TPSA) is 131 Å². The first-order chi connectivity index (χ1) is 10.9. The molecule has 0 spiro atoms. The Balaban J connectivity index is 0.00000312. The van der Waals surface area contributed by atoms with Gasteiger partial charge in [-0.1, -0.05) is 23.2 Å². The van der Waals surface area contributed by atoms with Gasteiger partial charge in [0.1, 0.15) is 20.2 Å². The molecule has 128 valence electrons. The Hall–Kier alpha value is 1.78. The van der Waals surface area contributed by atoms with Gasteiger partial charge in [0.05, 0.1) is 19.8 Å². The first-order valence-electron chi connectivity index (χ1n) is 5.97. The Morgan fingerprint density at radius 1 is 0.731 bits per heavy atom. The van der Waals surface area contributed by atoms with Crippen LogP contribution >= 0.6 is 23.2 Å². The van der Waals surface area contributed by atoms with E-state index in [-0.39, 0.29) is 124 Å². The predicted octanol–water partition coefficient (Wildman–Crippen LogP) is -3.96. The summed E-state index contributed by atoms with van der Waals surface area (Å²) in [5.74, 6) is -0.821. The van der Waals surface area contributed by atoms with Gasteiger partial charge < -0.3 is 9.11 Å². The number of ketones is 1. The Morgan fingerprint density at radius 3 is 1.31 bits per heavy atom. The smallest absolute Gasteiger partial charge is 0.744 e. The van der Waals surface area contributed by atoms with Gasteiger partial charge in [-0.15, -0.1) is 0 Å². The van der Waals surface area contributed by atoms with E-state index in [4.69, 9.17) is 23.2 Å². The third-order valence-electron chi connectivity index (χ3n) is 2.93. The average molecular weight is 487 g/mol. The minimum Gasteiger partial charge on any atom is -0.744 e. The number of rotatable bonds is 4. The van der Waals surface area contributed by atoms with E-state index in [1.807, 2.05) is 0 Å². The molecule has 0 N–H and O–H groups in total. The standard InChI is InChI=1S/C13H8Cl2O7S2.2K/c14-9-3-1-7(5-11(9)23(17,18)19)13(16)8-2-4-10(15)12(6-8)24(20,21)22;;/h1-6H,(H,17,18,19)(H,20,21,22);;/q;2*+1/p-2. The van der Waals surface area contributed by atoms with Gasteiger partial charge in [0.15, 0.2) is 5.78 Å². The predicted molar refractivity (Wildman–Crippen MR) is 82.3 cm³/mol. The van der Waals surface area contributed by atoms with Crippen molar-refractivity contribution < 1.29 is 134 Å². The summed E-state index contributed by atoms with van der Waals surface area (Å²) < 4.78 is 66.6. The molecule has 0 amide bonds. The zero-order chi connectivity index (χ0) is 18.3. The Labute approximate surface area is 245 Å². The summed E-state index contributed by atoms with van der Waals surface area (Å²) >= 11 is 11.2. The quantitative estimate of drug-likeness (QED) is 0.244. The molecule has 0 aliphatic rings. The summed E-state index contributed by atoms with van der Waals surface area (Å²) in [6.07, 6.45) is 0. The van der Waals surface area contributed by atoms with Crippen LogP contribution < -0.4 is 103 Å². The van der Waals surface area contributed by atoms with Crippen LogP contribution in [0.3, 0.4) is 0 Å². The van der Waals surface area contributed by atoms with E-state index in [0.29, 0.717) is 0 Å². The van der Waals surface area contributed by atoms with E-state index in [0.717, 1.165) is 36.4 Å². The van der Waals surface area contributed by atoms with E-state index < -0.39 is 35.8 Å². The van der Waals surface area contributed by atoms with Crippen LogP contribution in [0.1, 0.15) is 15.9 Å². The molecule has 0 bridgehead atoms. The minimum atomic E-state index is -4.91. The van der Waals surface area contributed by atoms with Crippen molar-refractivity contribution in [1.29, 1.82) is 0 Å². The van der Waals surface area contributed by atoms with Crippen LogP contribution in [0.5, 0.6) is 0 Å². The number of halogens is 2. The fourth-order valence-electron chi connectivity index (χ4n) is 1.84. The van der Waals surface area contributed by atoms with Gasteiger partial charge in [0, 0.05) is 11.1 Å². The summed E-state index contributed by atoms with van der Waals surface area (Å²) in [7, 11) is -9.82. The molecule has 2 aromatic rings. The van der Waals surface area contributed by atoms with E-state index in [1.54, 1.807) is 0 Å². The number of carbonyl (C=O) groups is 1. The van der Waals surface area contributed by atoms with Crippen molar-refractivity contribution in [2.24, 2.45) is 0 Å².